The molecule has 0 spiro atoms. The van der Waals surface area contributed by atoms with Gasteiger partial charge in [0.15, 0.2) is 11.6 Å². The molecule has 0 radical (unpaired) electrons. The highest BCUT2D eigenvalue weighted by Gasteiger charge is 2.65. The summed E-state index contributed by atoms with van der Waals surface area (Å²) in [6, 6.07) is 2.79. The lowest BCUT2D eigenvalue weighted by atomic mass is 9.85. The van der Waals surface area contributed by atoms with E-state index in [0.29, 0.717) is 0 Å². The van der Waals surface area contributed by atoms with Gasteiger partial charge in [0, 0.05) is 16.5 Å². The molecule has 0 amide bonds. The molecule has 0 bridgehead atoms. The molecular formula is C13H15F2NO. The zero-order valence-corrected chi connectivity index (χ0v) is 9.72. The SMILES string of the molecule is COc1c(C2(C3(N)CC3)CC2)ccc(F)c1F. The van der Waals surface area contributed by atoms with Gasteiger partial charge in [0.2, 0.25) is 5.82 Å². The first-order chi connectivity index (χ1) is 8.04. The Kier molecular flexibility index (Phi) is 2.06. The molecule has 0 aromatic heterocycles. The second kappa shape index (κ2) is 3.19. The van der Waals surface area contributed by atoms with E-state index in [-0.39, 0.29) is 16.7 Å². The molecule has 2 nitrogen and oxygen atoms in total. The molecule has 1 aromatic carbocycles. The number of ether oxygens (including phenoxy) is 1. The van der Waals surface area contributed by atoms with Crippen molar-refractivity contribution >= 4 is 0 Å². The summed E-state index contributed by atoms with van der Waals surface area (Å²) < 4.78 is 31.9. The fourth-order valence-corrected chi connectivity index (χ4v) is 2.88. The molecule has 2 N–H and O–H groups in total. The number of hydrogen-bond donors (Lipinski definition) is 1. The van der Waals surface area contributed by atoms with Crippen LogP contribution >= 0.6 is 0 Å². The van der Waals surface area contributed by atoms with E-state index in [9.17, 15) is 8.78 Å². The monoisotopic (exact) mass is 239 g/mol. The Morgan fingerprint density at radius 2 is 1.82 bits per heavy atom. The van der Waals surface area contributed by atoms with Crippen molar-refractivity contribution in [1.29, 1.82) is 0 Å². The minimum absolute atomic E-state index is 0.0271. The van der Waals surface area contributed by atoms with Crippen LogP contribution in [0, 0.1) is 11.6 Å². The number of nitrogens with two attached hydrogens (primary N) is 1. The van der Waals surface area contributed by atoms with Crippen LogP contribution in [0.15, 0.2) is 12.1 Å². The average Bonchev–Trinajstić information content (AvgIpc) is 3.18. The summed E-state index contributed by atoms with van der Waals surface area (Å²) in [5, 5.41) is 0. The Balaban J connectivity index is 2.12. The number of halogens is 2. The first-order valence-corrected chi connectivity index (χ1v) is 5.85. The van der Waals surface area contributed by atoms with Gasteiger partial charge < -0.3 is 10.5 Å². The van der Waals surface area contributed by atoms with E-state index >= 15 is 0 Å². The minimum atomic E-state index is -0.902. The number of methoxy groups -OCH3 is 1. The summed E-state index contributed by atoms with van der Waals surface area (Å²) in [5.41, 5.74) is 6.57. The van der Waals surface area contributed by atoms with E-state index in [1.165, 1.54) is 13.2 Å². The smallest absolute Gasteiger partial charge is 0.200 e. The Hall–Kier alpha value is -1.16. The summed E-state index contributed by atoms with van der Waals surface area (Å²) in [7, 11) is 1.37. The Bertz CT molecular complexity index is 479. The lowest BCUT2D eigenvalue weighted by Crippen LogP contribution is -2.37. The fraction of sp³-hybridized carbons (Fsp3) is 0.538. The average molecular weight is 239 g/mol. The van der Waals surface area contributed by atoms with Gasteiger partial charge in [0.1, 0.15) is 0 Å². The van der Waals surface area contributed by atoms with E-state index < -0.39 is 11.6 Å². The maximum atomic E-state index is 13.7. The van der Waals surface area contributed by atoms with E-state index in [2.05, 4.69) is 0 Å². The van der Waals surface area contributed by atoms with Crippen LogP contribution in [0.5, 0.6) is 5.75 Å². The molecule has 0 heterocycles. The van der Waals surface area contributed by atoms with Crippen LogP contribution in [-0.4, -0.2) is 12.6 Å². The predicted molar refractivity (Wildman–Crippen MR) is 60.0 cm³/mol. The van der Waals surface area contributed by atoms with Gasteiger partial charge in [0.25, 0.3) is 0 Å². The van der Waals surface area contributed by atoms with Crippen LogP contribution < -0.4 is 10.5 Å². The summed E-state index contributed by atoms with van der Waals surface area (Å²) in [5.74, 6) is -1.75. The van der Waals surface area contributed by atoms with E-state index in [0.717, 1.165) is 31.2 Å². The van der Waals surface area contributed by atoms with Crippen molar-refractivity contribution in [1.82, 2.24) is 0 Å². The van der Waals surface area contributed by atoms with Crippen molar-refractivity contribution in [3.8, 4) is 5.75 Å². The van der Waals surface area contributed by atoms with Crippen molar-refractivity contribution < 1.29 is 13.5 Å². The van der Waals surface area contributed by atoms with Crippen molar-refractivity contribution in [3.63, 3.8) is 0 Å². The highest BCUT2D eigenvalue weighted by molar-refractivity contribution is 5.49. The van der Waals surface area contributed by atoms with Crippen molar-refractivity contribution in [2.45, 2.75) is 36.6 Å². The first kappa shape index (κ1) is 11.0. The van der Waals surface area contributed by atoms with Crippen LogP contribution in [0.4, 0.5) is 8.78 Å². The van der Waals surface area contributed by atoms with Crippen molar-refractivity contribution in [3.05, 3.63) is 29.3 Å². The summed E-state index contributed by atoms with van der Waals surface area (Å²) in [6.45, 7) is 0. The molecule has 0 saturated heterocycles. The van der Waals surface area contributed by atoms with Crippen LogP contribution in [-0.2, 0) is 5.41 Å². The number of benzene rings is 1. The Labute approximate surface area is 98.8 Å². The van der Waals surface area contributed by atoms with Gasteiger partial charge in [-0.3, -0.25) is 0 Å². The van der Waals surface area contributed by atoms with Crippen LogP contribution in [0.3, 0.4) is 0 Å². The van der Waals surface area contributed by atoms with Crippen LogP contribution in [0.25, 0.3) is 0 Å². The van der Waals surface area contributed by atoms with Crippen molar-refractivity contribution in [2.75, 3.05) is 7.11 Å². The van der Waals surface area contributed by atoms with Gasteiger partial charge >= 0.3 is 0 Å². The highest BCUT2D eigenvalue weighted by Crippen LogP contribution is 2.65. The molecule has 0 atom stereocenters. The summed E-state index contributed by atoms with van der Waals surface area (Å²) in [6.07, 6.45) is 3.78. The molecule has 0 unspecified atom stereocenters. The summed E-state index contributed by atoms with van der Waals surface area (Å²) in [4.78, 5) is 0. The molecule has 0 aliphatic heterocycles. The lowest BCUT2D eigenvalue weighted by Gasteiger charge is -2.25. The van der Waals surface area contributed by atoms with E-state index in [1.54, 1.807) is 6.07 Å². The van der Waals surface area contributed by atoms with E-state index in [1.807, 2.05) is 0 Å². The van der Waals surface area contributed by atoms with Gasteiger partial charge in [-0.1, -0.05) is 6.07 Å². The van der Waals surface area contributed by atoms with E-state index in [4.69, 9.17) is 10.5 Å². The third-order valence-corrected chi connectivity index (χ3v) is 4.26. The van der Waals surface area contributed by atoms with Gasteiger partial charge in [-0.15, -0.1) is 0 Å². The largest absolute Gasteiger partial charge is 0.493 e. The second-order valence-corrected chi connectivity index (χ2v) is 5.18. The Morgan fingerprint density at radius 3 is 2.29 bits per heavy atom. The molecule has 17 heavy (non-hydrogen) atoms. The summed E-state index contributed by atoms with van der Waals surface area (Å²) >= 11 is 0. The normalized spacial score (nSPS) is 23.3. The molecule has 2 saturated carbocycles. The highest BCUT2D eigenvalue weighted by atomic mass is 19.2. The fourth-order valence-electron chi connectivity index (χ4n) is 2.88. The zero-order chi connectivity index (χ0) is 12.3. The second-order valence-electron chi connectivity index (χ2n) is 5.18. The first-order valence-electron chi connectivity index (χ1n) is 5.85. The zero-order valence-electron chi connectivity index (χ0n) is 9.72. The quantitative estimate of drug-likeness (QED) is 0.879. The third-order valence-electron chi connectivity index (χ3n) is 4.26. The topological polar surface area (TPSA) is 35.2 Å². The number of rotatable bonds is 3. The van der Waals surface area contributed by atoms with Gasteiger partial charge in [-0.25, -0.2) is 4.39 Å². The van der Waals surface area contributed by atoms with Gasteiger partial charge in [-0.05, 0) is 31.7 Å². The standard InChI is InChI=1S/C13H15F2NO/c1-17-11-8(2-3-9(14)10(11)15)12(4-5-12)13(16)6-7-13/h2-3H,4-7,16H2,1H3. The Morgan fingerprint density at radius 1 is 1.18 bits per heavy atom. The molecular weight excluding hydrogens is 224 g/mol. The third kappa shape index (κ3) is 1.33. The van der Waals surface area contributed by atoms with Crippen LogP contribution in [0.2, 0.25) is 0 Å². The predicted octanol–water partition coefficient (Wildman–Crippen LogP) is 2.50. The minimum Gasteiger partial charge on any atom is -0.493 e. The molecule has 4 heteroatoms. The molecule has 3 rings (SSSR count). The molecule has 2 aliphatic rings. The number of hydrogen-bond acceptors (Lipinski definition) is 2. The molecule has 92 valence electrons. The molecule has 1 aromatic rings. The maximum absolute atomic E-state index is 13.7. The lowest BCUT2D eigenvalue weighted by molar-refractivity contribution is 0.355. The van der Waals surface area contributed by atoms with Gasteiger partial charge in [-0.2, -0.15) is 4.39 Å². The molecule has 2 fully saturated rings. The van der Waals surface area contributed by atoms with Gasteiger partial charge in [0.05, 0.1) is 7.11 Å². The van der Waals surface area contributed by atoms with Crippen molar-refractivity contribution in [2.24, 2.45) is 5.73 Å². The maximum Gasteiger partial charge on any atom is 0.200 e. The molecule has 2 aliphatic carbocycles. The van der Waals surface area contributed by atoms with Crippen LogP contribution in [0.1, 0.15) is 31.2 Å².